The molecule has 5 heteroatoms. The van der Waals surface area contributed by atoms with Crippen molar-refractivity contribution in [1.82, 2.24) is 4.90 Å². The second kappa shape index (κ2) is 5.12. The first-order valence-corrected chi connectivity index (χ1v) is 5.84. The maximum atomic E-state index is 12.0. The number of hydrogen-bond donors (Lipinski definition) is 1. The second-order valence-electron chi connectivity index (χ2n) is 4.55. The smallest absolute Gasteiger partial charge is 0.254 e. The molecule has 0 bridgehead atoms. The fourth-order valence-corrected chi connectivity index (χ4v) is 2.17. The van der Waals surface area contributed by atoms with E-state index in [2.05, 4.69) is 0 Å². The second-order valence-corrected chi connectivity index (χ2v) is 4.55. The summed E-state index contributed by atoms with van der Waals surface area (Å²) in [6.07, 6.45) is -0.0794. The molecule has 3 atom stereocenters. The number of carbonyl (C=O) groups excluding carboxylic acids is 1. The number of amides is 1. The van der Waals surface area contributed by atoms with Crippen molar-refractivity contribution in [1.29, 1.82) is 0 Å². The summed E-state index contributed by atoms with van der Waals surface area (Å²) in [6.45, 7) is 4.60. The van der Waals surface area contributed by atoms with Crippen LogP contribution in [0.2, 0.25) is 0 Å². The van der Waals surface area contributed by atoms with E-state index >= 15 is 0 Å². The molecule has 2 saturated heterocycles. The van der Waals surface area contributed by atoms with E-state index in [1.807, 2.05) is 6.92 Å². The zero-order chi connectivity index (χ0) is 11.5. The average molecular weight is 229 g/mol. The summed E-state index contributed by atoms with van der Waals surface area (Å²) in [5, 5.41) is 9.59. The van der Waals surface area contributed by atoms with Gasteiger partial charge in [0.2, 0.25) is 0 Å². The number of rotatable bonds is 1. The molecule has 2 aliphatic heterocycles. The molecule has 5 nitrogen and oxygen atoms in total. The zero-order valence-corrected chi connectivity index (χ0v) is 9.59. The fraction of sp³-hybridized carbons (Fsp3) is 0.909. The molecule has 0 spiro atoms. The number of hydrogen-bond acceptors (Lipinski definition) is 4. The van der Waals surface area contributed by atoms with Gasteiger partial charge in [-0.2, -0.15) is 0 Å². The Labute approximate surface area is 95.3 Å². The molecule has 2 rings (SSSR count). The van der Waals surface area contributed by atoms with Crippen LogP contribution in [0.1, 0.15) is 13.3 Å². The Balaban J connectivity index is 1.89. The molecule has 16 heavy (non-hydrogen) atoms. The molecule has 0 radical (unpaired) electrons. The van der Waals surface area contributed by atoms with E-state index in [-0.39, 0.29) is 17.9 Å². The lowest BCUT2D eigenvalue weighted by Crippen LogP contribution is -2.51. The van der Waals surface area contributed by atoms with Crippen LogP contribution in [0.15, 0.2) is 0 Å². The highest BCUT2D eigenvalue weighted by Gasteiger charge is 2.32. The topological polar surface area (TPSA) is 59.0 Å². The van der Waals surface area contributed by atoms with Crippen molar-refractivity contribution < 1.29 is 19.4 Å². The van der Waals surface area contributed by atoms with E-state index in [1.54, 1.807) is 4.90 Å². The van der Waals surface area contributed by atoms with Crippen LogP contribution in [0.5, 0.6) is 0 Å². The Bertz CT molecular complexity index is 252. The third-order valence-electron chi connectivity index (χ3n) is 3.26. The molecular weight excluding hydrogens is 210 g/mol. The first kappa shape index (κ1) is 11.8. The third kappa shape index (κ3) is 2.53. The van der Waals surface area contributed by atoms with Crippen LogP contribution >= 0.6 is 0 Å². The highest BCUT2D eigenvalue weighted by Crippen LogP contribution is 2.18. The standard InChI is InChI=1S/C11H19NO4/c1-8-6-12(3-2-9(8)13)11(14)10-7-15-4-5-16-10/h8-10,13H,2-7H2,1H3. The Kier molecular flexibility index (Phi) is 3.78. The summed E-state index contributed by atoms with van der Waals surface area (Å²) in [5.74, 6) is 0.139. The van der Waals surface area contributed by atoms with Crippen LogP contribution in [0.25, 0.3) is 0 Å². The molecule has 1 amide bonds. The Morgan fingerprint density at radius 3 is 2.88 bits per heavy atom. The van der Waals surface area contributed by atoms with Gasteiger partial charge in [-0.15, -0.1) is 0 Å². The van der Waals surface area contributed by atoms with Crippen molar-refractivity contribution in [3.63, 3.8) is 0 Å². The highest BCUT2D eigenvalue weighted by molar-refractivity contribution is 5.81. The average Bonchev–Trinajstić information content (AvgIpc) is 2.33. The van der Waals surface area contributed by atoms with Crippen molar-refractivity contribution in [2.75, 3.05) is 32.9 Å². The van der Waals surface area contributed by atoms with E-state index in [0.29, 0.717) is 39.3 Å². The molecule has 2 fully saturated rings. The van der Waals surface area contributed by atoms with Gasteiger partial charge in [0.1, 0.15) is 0 Å². The zero-order valence-electron chi connectivity index (χ0n) is 9.59. The van der Waals surface area contributed by atoms with Crippen LogP contribution in [0.4, 0.5) is 0 Å². The lowest BCUT2D eigenvalue weighted by Gasteiger charge is -2.36. The van der Waals surface area contributed by atoms with Gasteiger partial charge in [0.05, 0.1) is 25.9 Å². The lowest BCUT2D eigenvalue weighted by atomic mass is 9.96. The number of likely N-dealkylation sites (tertiary alicyclic amines) is 1. The molecular formula is C11H19NO4. The van der Waals surface area contributed by atoms with Gasteiger partial charge < -0.3 is 19.5 Å². The molecule has 92 valence electrons. The summed E-state index contributed by atoms with van der Waals surface area (Å²) in [5.41, 5.74) is 0. The summed E-state index contributed by atoms with van der Waals surface area (Å²) < 4.78 is 10.6. The summed E-state index contributed by atoms with van der Waals surface area (Å²) in [4.78, 5) is 13.8. The Morgan fingerprint density at radius 1 is 1.44 bits per heavy atom. The molecule has 2 aliphatic rings. The Morgan fingerprint density at radius 2 is 2.25 bits per heavy atom. The van der Waals surface area contributed by atoms with Crippen LogP contribution in [-0.4, -0.2) is 61.0 Å². The Hall–Kier alpha value is -0.650. The maximum Gasteiger partial charge on any atom is 0.254 e. The van der Waals surface area contributed by atoms with Crippen molar-refractivity contribution in [3.8, 4) is 0 Å². The first-order valence-electron chi connectivity index (χ1n) is 5.84. The third-order valence-corrected chi connectivity index (χ3v) is 3.26. The molecule has 0 aromatic carbocycles. The van der Waals surface area contributed by atoms with Gasteiger partial charge in [-0.3, -0.25) is 4.79 Å². The first-order chi connectivity index (χ1) is 7.68. The summed E-state index contributed by atoms with van der Waals surface area (Å²) in [6, 6.07) is 0. The predicted molar refractivity (Wildman–Crippen MR) is 56.9 cm³/mol. The monoisotopic (exact) mass is 229 g/mol. The van der Waals surface area contributed by atoms with Gasteiger partial charge in [0.25, 0.3) is 5.91 Å². The van der Waals surface area contributed by atoms with Gasteiger partial charge in [-0.1, -0.05) is 6.92 Å². The lowest BCUT2D eigenvalue weighted by molar-refractivity contribution is -0.161. The van der Waals surface area contributed by atoms with Crippen molar-refractivity contribution >= 4 is 5.91 Å². The number of ether oxygens (including phenoxy) is 2. The van der Waals surface area contributed by atoms with Gasteiger partial charge in [-0.05, 0) is 12.3 Å². The van der Waals surface area contributed by atoms with Crippen molar-refractivity contribution in [2.24, 2.45) is 5.92 Å². The number of nitrogens with zero attached hydrogens (tertiary/aromatic N) is 1. The van der Waals surface area contributed by atoms with Crippen molar-refractivity contribution in [2.45, 2.75) is 25.6 Å². The van der Waals surface area contributed by atoms with E-state index < -0.39 is 6.10 Å². The number of piperidine rings is 1. The largest absolute Gasteiger partial charge is 0.393 e. The predicted octanol–water partition coefficient (Wildman–Crippen LogP) is -0.369. The van der Waals surface area contributed by atoms with E-state index in [9.17, 15) is 9.90 Å². The van der Waals surface area contributed by atoms with Gasteiger partial charge in [-0.25, -0.2) is 0 Å². The van der Waals surface area contributed by atoms with Crippen molar-refractivity contribution in [3.05, 3.63) is 0 Å². The van der Waals surface area contributed by atoms with Gasteiger partial charge in [0, 0.05) is 13.1 Å². The van der Waals surface area contributed by atoms with Crippen LogP contribution in [-0.2, 0) is 14.3 Å². The molecule has 0 aliphatic carbocycles. The molecule has 2 heterocycles. The molecule has 1 N–H and O–H groups in total. The van der Waals surface area contributed by atoms with Gasteiger partial charge in [0.15, 0.2) is 6.10 Å². The van der Waals surface area contributed by atoms with E-state index in [1.165, 1.54) is 0 Å². The molecule has 0 saturated carbocycles. The fourth-order valence-electron chi connectivity index (χ4n) is 2.17. The SMILES string of the molecule is CC1CN(C(=O)C2COCCO2)CCC1O. The van der Waals surface area contributed by atoms with E-state index in [4.69, 9.17) is 9.47 Å². The normalized spacial score (nSPS) is 36.1. The number of aliphatic hydroxyl groups excluding tert-OH is 1. The quantitative estimate of drug-likeness (QED) is 0.666. The number of aliphatic hydroxyl groups is 1. The molecule has 3 unspecified atom stereocenters. The minimum atomic E-state index is -0.448. The minimum Gasteiger partial charge on any atom is -0.393 e. The summed E-state index contributed by atoms with van der Waals surface area (Å²) in [7, 11) is 0. The van der Waals surface area contributed by atoms with Crippen LogP contribution < -0.4 is 0 Å². The number of carbonyl (C=O) groups is 1. The molecule has 0 aromatic rings. The minimum absolute atomic E-state index is 0.00144. The van der Waals surface area contributed by atoms with Crippen LogP contribution in [0, 0.1) is 5.92 Å². The van der Waals surface area contributed by atoms with Crippen LogP contribution in [0.3, 0.4) is 0 Å². The molecule has 0 aromatic heterocycles. The van der Waals surface area contributed by atoms with Gasteiger partial charge >= 0.3 is 0 Å². The summed E-state index contributed by atoms with van der Waals surface area (Å²) >= 11 is 0. The van der Waals surface area contributed by atoms with E-state index in [0.717, 1.165) is 0 Å². The maximum absolute atomic E-state index is 12.0. The highest BCUT2D eigenvalue weighted by atomic mass is 16.6.